The van der Waals surface area contributed by atoms with Gasteiger partial charge in [-0.05, 0) is 36.6 Å². The summed E-state index contributed by atoms with van der Waals surface area (Å²) in [6, 6.07) is 7.24. The van der Waals surface area contributed by atoms with E-state index >= 15 is 0 Å². The molecule has 0 amide bonds. The van der Waals surface area contributed by atoms with Crippen LogP contribution >= 0.6 is 36.0 Å². The molecule has 4 nitrogen and oxygen atoms in total. The third kappa shape index (κ3) is 4.28. The molecule has 0 aliphatic heterocycles. The summed E-state index contributed by atoms with van der Waals surface area (Å²) < 4.78 is 0. The minimum Gasteiger partial charge on any atom is -0.375 e. The van der Waals surface area contributed by atoms with Crippen LogP contribution in [0.15, 0.2) is 24.3 Å². The van der Waals surface area contributed by atoms with Crippen LogP contribution in [0.4, 0.5) is 5.69 Å². The molecule has 5 N–H and O–H groups in total. The number of nitrogens with two attached hydrogens (primary N) is 1. The summed E-state index contributed by atoms with van der Waals surface area (Å²) in [6.45, 7) is 0. The Labute approximate surface area is 103 Å². The van der Waals surface area contributed by atoms with Crippen molar-refractivity contribution in [2.45, 2.75) is 0 Å². The molecule has 0 saturated heterocycles. The Morgan fingerprint density at radius 1 is 1.20 bits per heavy atom. The van der Waals surface area contributed by atoms with Crippen molar-refractivity contribution >= 4 is 51.9 Å². The molecule has 0 radical (unpaired) electrons. The van der Waals surface area contributed by atoms with Crippen molar-refractivity contribution in [3.05, 3.63) is 29.3 Å². The Morgan fingerprint density at radius 2 is 1.87 bits per heavy atom. The van der Waals surface area contributed by atoms with Gasteiger partial charge in [0.05, 0.1) is 10.7 Å². The molecular formula is C8H9ClN4S2. The van der Waals surface area contributed by atoms with Crippen molar-refractivity contribution < 1.29 is 0 Å². The summed E-state index contributed by atoms with van der Waals surface area (Å²) in [5, 5.41) is 3.90. The van der Waals surface area contributed by atoms with Crippen LogP contribution in [-0.2, 0) is 0 Å². The Hall–Kier alpha value is -1.11. The second-order valence-electron chi connectivity index (χ2n) is 2.55. The first kappa shape index (κ1) is 12.0. The molecular weight excluding hydrogens is 252 g/mol. The molecule has 15 heavy (non-hydrogen) atoms. The Bertz CT molecular complexity index is 383. The van der Waals surface area contributed by atoms with Crippen LogP contribution in [0.3, 0.4) is 0 Å². The number of hydrazine groups is 1. The minimum absolute atomic E-state index is 0.110. The molecule has 0 heterocycles. The highest BCUT2D eigenvalue weighted by Gasteiger charge is 2.00. The molecule has 0 atom stereocenters. The Kier molecular flexibility index (Phi) is 4.54. The number of rotatable bonds is 1. The molecule has 0 aliphatic carbocycles. The molecule has 7 heteroatoms. The van der Waals surface area contributed by atoms with Crippen LogP contribution in [0.1, 0.15) is 0 Å². The maximum atomic E-state index is 5.91. The monoisotopic (exact) mass is 260 g/mol. The zero-order chi connectivity index (χ0) is 11.3. The fourth-order valence-corrected chi connectivity index (χ4v) is 1.23. The SMILES string of the molecule is NC(=S)NNC(=S)Nc1ccccc1Cl. The molecule has 0 bridgehead atoms. The third-order valence-corrected chi connectivity index (χ3v) is 2.06. The van der Waals surface area contributed by atoms with Gasteiger partial charge in [0.15, 0.2) is 10.2 Å². The maximum Gasteiger partial charge on any atom is 0.189 e. The zero-order valence-electron chi connectivity index (χ0n) is 7.58. The van der Waals surface area contributed by atoms with Crippen molar-refractivity contribution in [1.82, 2.24) is 10.9 Å². The van der Waals surface area contributed by atoms with E-state index in [0.29, 0.717) is 15.8 Å². The van der Waals surface area contributed by atoms with E-state index in [9.17, 15) is 0 Å². The molecule has 0 aromatic heterocycles. The number of para-hydroxylation sites is 1. The van der Waals surface area contributed by atoms with Crippen molar-refractivity contribution in [1.29, 1.82) is 0 Å². The maximum absolute atomic E-state index is 5.91. The molecule has 80 valence electrons. The quantitative estimate of drug-likeness (QED) is 0.452. The largest absolute Gasteiger partial charge is 0.375 e. The number of anilines is 1. The lowest BCUT2D eigenvalue weighted by atomic mass is 10.3. The van der Waals surface area contributed by atoms with Gasteiger partial charge in [-0.1, -0.05) is 23.7 Å². The van der Waals surface area contributed by atoms with Crippen molar-refractivity contribution in [3.8, 4) is 0 Å². The molecule has 0 spiro atoms. The molecule has 1 aromatic rings. The summed E-state index contributed by atoms with van der Waals surface area (Å²) in [4.78, 5) is 0. The molecule has 0 saturated carbocycles. The fourth-order valence-electron chi connectivity index (χ4n) is 0.835. The van der Waals surface area contributed by atoms with Crippen LogP contribution in [0.25, 0.3) is 0 Å². The molecule has 1 rings (SSSR count). The van der Waals surface area contributed by atoms with Gasteiger partial charge in [0.2, 0.25) is 0 Å². The first-order valence-corrected chi connectivity index (χ1v) is 5.16. The van der Waals surface area contributed by atoms with Crippen LogP contribution in [-0.4, -0.2) is 10.2 Å². The Balaban J connectivity index is 2.52. The Morgan fingerprint density at radius 3 is 2.47 bits per heavy atom. The van der Waals surface area contributed by atoms with E-state index in [1.807, 2.05) is 12.1 Å². The number of thiocarbonyl (C=S) groups is 2. The van der Waals surface area contributed by atoms with Gasteiger partial charge >= 0.3 is 0 Å². The van der Waals surface area contributed by atoms with Gasteiger partial charge in [0, 0.05) is 0 Å². The normalized spacial score (nSPS) is 9.13. The van der Waals surface area contributed by atoms with Crippen molar-refractivity contribution in [2.24, 2.45) is 5.73 Å². The fraction of sp³-hybridized carbons (Fsp3) is 0. The summed E-state index contributed by atoms with van der Waals surface area (Å²) in [6.07, 6.45) is 0. The van der Waals surface area contributed by atoms with Gasteiger partial charge in [-0.15, -0.1) is 0 Å². The van der Waals surface area contributed by atoms with E-state index < -0.39 is 0 Å². The van der Waals surface area contributed by atoms with Gasteiger partial charge in [0.1, 0.15) is 0 Å². The van der Waals surface area contributed by atoms with Crippen LogP contribution in [0.2, 0.25) is 5.02 Å². The number of halogens is 1. The predicted octanol–water partition coefficient (Wildman–Crippen LogP) is 1.37. The van der Waals surface area contributed by atoms with E-state index in [1.165, 1.54) is 0 Å². The highest BCUT2D eigenvalue weighted by atomic mass is 35.5. The van der Waals surface area contributed by atoms with Crippen LogP contribution in [0.5, 0.6) is 0 Å². The number of nitrogens with one attached hydrogen (secondary N) is 3. The summed E-state index contributed by atoms with van der Waals surface area (Å²) in [5.41, 5.74) is 11.0. The van der Waals surface area contributed by atoms with Gasteiger partial charge in [-0.2, -0.15) is 0 Å². The lowest BCUT2D eigenvalue weighted by molar-refractivity contribution is 0.880. The first-order chi connectivity index (χ1) is 7.09. The molecule has 1 aromatic carbocycles. The second kappa shape index (κ2) is 5.69. The average molecular weight is 261 g/mol. The van der Waals surface area contributed by atoms with Gasteiger partial charge < -0.3 is 11.1 Å². The summed E-state index contributed by atoms with van der Waals surface area (Å²) in [5.74, 6) is 0. The zero-order valence-corrected chi connectivity index (χ0v) is 9.97. The third-order valence-electron chi connectivity index (χ3n) is 1.42. The smallest absolute Gasteiger partial charge is 0.189 e. The highest BCUT2D eigenvalue weighted by Crippen LogP contribution is 2.19. The minimum atomic E-state index is 0.110. The molecule has 0 unspecified atom stereocenters. The van der Waals surface area contributed by atoms with Gasteiger partial charge in [-0.3, -0.25) is 10.9 Å². The first-order valence-electron chi connectivity index (χ1n) is 3.96. The van der Waals surface area contributed by atoms with Crippen LogP contribution in [0, 0.1) is 0 Å². The number of hydrogen-bond donors (Lipinski definition) is 4. The van der Waals surface area contributed by atoms with Crippen LogP contribution < -0.4 is 21.9 Å². The van der Waals surface area contributed by atoms with E-state index in [0.717, 1.165) is 0 Å². The van der Waals surface area contributed by atoms with E-state index in [4.69, 9.17) is 29.6 Å². The van der Waals surface area contributed by atoms with E-state index in [-0.39, 0.29) is 5.11 Å². The molecule has 0 fully saturated rings. The number of hydrogen-bond acceptors (Lipinski definition) is 2. The standard InChI is InChI=1S/C8H9ClN4S2/c9-5-3-1-2-4-6(5)11-8(15)13-12-7(10)14/h1-4H,(H3,10,12,14)(H2,11,13,15). The second-order valence-corrected chi connectivity index (χ2v) is 3.80. The highest BCUT2D eigenvalue weighted by molar-refractivity contribution is 7.80. The van der Waals surface area contributed by atoms with Crippen molar-refractivity contribution in [2.75, 3.05) is 5.32 Å². The van der Waals surface area contributed by atoms with Gasteiger partial charge in [-0.25, -0.2) is 0 Å². The lowest BCUT2D eigenvalue weighted by Gasteiger charge is -2.11. The topological polar surface area (TPSA) is 62.1 Å². The summed E-state index contributed by atoms with van der Waals surface area (Å²) in [7, 11) is 0. The average Bonchev–Trinajstić information content (AvgIpc) is 2.18. The molecule has 0 aliphatic rings. The number of benzene rings is 1. The van der Waals surface area contributed by atoms with E-state index in [1.54, 1.807) is 12.1 Å². The van der Waals surface area contributed by atoms with E-state index in [2.05, 4.69) is 28.4 Å². The summed E-state index contributed by atoms with van der Waals surface area (Å²) >= 11 is 15.5. The lowest BCUT2D eigenvalue weighted by Crippen LogP contribution is -2.46. The predicted molar refractivity (Wildman–Crippen MR) is 70.7 cm³/mol. The van der Waals surface area contributed by atoms with Gasteiger partial charge in [0.25, 0.3) is 0 Å². The van der Waals surface area contributed by atoms with Crippen molar-refractivity contribution in [3.63, 3.8) is 0 Å².